The molecule has 0 saturated carbocycles. The Morgan fingerprint density at radius 2 is 1.88 bits per heavy atom. The van der Waals surface area contributed by atoms with Crippen LogP contribution in [0, 0.1) is 15.9 Å². The number of hydrogen-bond acceptors (Lipinski definition) is 5. The highest BCUT2D eigenvalue weighted by atomic mass is 19.1. The highest BCUT2D eigenvalue weighted by Gasteiger charge is 2.43. The molecule has 0 unspecified atom stereocenters. The van der Waals surface area contributed by atoms with E-state index in [1.807, 2.05) is 4.90 Å². The van der Waals surface area contributed by atoms with Gasteiger partial charge in [-0.2, -0.15) is 0 Å². The first kappa shape index (κ1) is 15.5. The van der Waals surface area contributed by atoms with Gasteiger partial charge in [0.15, 0.2) is 0 Å². The van der Waals surface area contributed by atoms with Crippen molar-refractivity contribution in [1.82, 2.24) is 4.98 Å². The first-order valence-electron chi connectivity index (χ1n) is 7.73. The minimum atomic E-state index is -1.07. The Hall–Kier alpha value is -3.06. The van der Waals surface area contributed by atoms with Crippen molar-refractivity contribution >= 4 is 22.3 Å². The summed E-state index contributed by atoms with van der Waals surface area (Å²) < 4.78 is 13.1. The van der Waals surface area contributed by atoms with Crippen LogP contribution in [0.25, 0.3) is 10.9 Å². The fraction of sp³-hybridized carbons (Fsp3) is 0.167. The standard InChI is InChI=1S/C18H14FN3O3/c19-13-5-3-12(4-6-13)18(23)10-21(11-18)16-8-7-15(22(24)25)14-2-1-9-20-17(14)16/h1-9,23H,10-11H2. The van der Waals surface area contributed by atoms with Gasteiger partial charge in [-0.15, -0.1) is 0 Å². The van der Waals surface area contributed by atoms with E-state index >= 15 is 0 Å². The molecule has 1 aromatic heterocycles. The van der Waals surface area contributed by atoms with Crippen LogP contribution in [-0.4, -0.2) is 28.1 Å². The zero-order chi connectivity index (χ0) is 17.6. The molecular formula is C18H14FN3O3. The van der Waals surface area contributed by atoms with Crippen molar-refractivity contribution in [2.45, 2.75) is 5.60 Å². The number of rotatable bonds is 3. The number of pyridine rings is 1. The summed E-state index contributed by atoms with van der Waals surface area (Å²) in [7, 11) is 0. The highest BCUT2D eigenvalue weighted by Crippen LogP contribution is 2.39. The van der Waals surface area contributed by atoms with Crippen molar-refractivity contribution in [2.75, 3.05) is 18.0 Å². The van der Waals surface area contributed by atoms with Gasteiger partial charge in [0.2, 0.25) is 0 Å². The molecule has 25 heavy (non-hydrogen) atoms. The monoisotopic (exact) mass is 339 g/mol. The van der Waals surface area contributed by atoms with Crippen LogP contribution in [0.2, 0.25) is 0 Å². The van der Waals surface area contributed by atoms with Crippen molar-refractivity contribution in [1.29, 1.82) is 0 Å². The number of non-ortho nitro benzene ring substituents is 1. The molecule has 1 fully saturated rings. The van der Waals surface area contributed by atoms with Gasteiger partial charge in [0.25, 0.3) is 5.69 Å². The van der Waals surface area contributed by atoms with E-state index in [1.165, 1.54) is 18.2 Å². The molecule has 0 radical (unpaired) electrons. The number of nitrogens with zero attached hydrogens (tertiary/aromatic N) is 3. The third kappa shape index (κ3) is 2.49. The predicted molar refractivity (Wildman–Crippen MR) is 90.9 cm³/mol. The second-order valence-electron chi connectivity index (χ2n) is 6.16. The topological polar surface area (TPSA) is 79.5 Å². The van der Waals surface area contributed by atoms with Gasteiger partial charge in [0.1, 0.15) is 16.9 Å². The Kier molecular flexibility index (Phi) is 3.40. The summed E-state index contributed by atoms with van der Waals surface area (Å²) >= 11 is 0. The molecule has 0 amide bonds. The summed E-state index contributed by atoms with van der Waals surface area (Å²) in [5.41, 5.74) is 0.827. The van der Waals surface area contributed by atoms with Crippen LogP contribution in [0.5, 0.6) is 0 Å². The normalized spacial score (nSPS) is 15.8. The summed E-state index contributed by atoms with van der Waals surface area (Å²) in [5, 5.41) is 22.4. The summed E-state index contributed by atoms with van der Waals surface area (Å²) in [5.74, 6) is -0.353. The highest BCUT2D eigenvalue weighted by molar-refractivity contribution is 5.97. The van der Waals surface area contributed by atoms with Gasteiger partial charge in [-0.05, 0) is 35.9 Å². The summed E-state index contributed by atoms with van der Waals surface area (Å²) in [6, 6.07) is 12.2. The van der Waals surface area contributed by atoms with Crippen LogP contribution in [0.4, 0.5) is 15.8 Å². The molecule has 2 aromatic carbocycles. The largest absolute Gasteiger partial charge is 0.381 e. The van der Waals surface area contributed by atoms with Crippen LogP contribution < -0.4 is 4.90 Å². The second kappa shape index (κ2) is 5.49. The minimum Gasteiger partial charge on any atom is -0.381 e. The molecule has 126 valence electrons. The smallest absolute Gasteiger partial charge is 0.278 e. The van der Waals surface area contributed by atoms with E-state index in [0.29, 0.717) is 29.6 Å². The van der Waals surface area contributed by atoms with Gasteiger partial charge < -0.3 is 10.0 Å². The van der Waals surface area contributed by atoms with Crippen molar-refractivity contribution < 1.29 is 14.4 Å². The van der Waals surface area contributed by atoms with Gasteiger partial charge in [-0.3, -0.25) is 15.1 Å². The Morgan fingerprint density at radius 1 is 1.16 bits per heavy atom. The average molecular weight is 339 g/mol. The number of hydrogen-bond donors (Lipinski definition) is 1. The lowest BCUT2D eigenvalue weighted by Crippen LogP contribution is -2.59. The summed E-state index contributed by atoms with van der Waals surface area (Å²) in [6.45, 7) is 0.615. The number of benzene rings is 2. The van der Waals surface area contributed by atoms with E-state index in [4.69, 9.17) is 0 Å². The molecule has 0 bridgehead atoms. The van der Waals surface area contributed by atoms with Crippen molar-refractivity contribution in [2.24, 2.45) is 0 Å². The maximum atomic E-state index is 13.1. The molecule has 2 heterocycles. The second-order valence-corrected chi connectivity index (χ2v) is 6.16. The number of anilines is 1. The molecule has 1 saturated heterocycles. The number of halogens is 1. The third-order valence-electron chi connectivity index (χ3n) is 4.55. The third-order valence-corrected chi connectivity index (χ3v) is 4.55. The lowest BCUT2D eigenvalue weighted by Gasteiger charge is -2.48. The predicted octanol–water partition coefficient (Wildman–Crippen LogP) is 2.99. The zero-order valence-electron chi connectivity index (χ0n) is 13.1. The molecule has 6 nitrogen and oxygen atoms in total. The SMILES string of the molecule is O=[N+]([O-])c1ccc(N2CC(O)(c3ccc(F)cc3)C2)c2ncccc12. The quantitative estimate of drug-likeness (QED) is 0.586. The van der Waals surface area contributed by atoms with Gasteiger partial charge in [-0.1, -0.05) is 12.1 Å². The maximum Gasteiger partial charge on any atom is 0.278 e. The van der Waals surface area contributed by atoms with E-state index in [-0.39, 0.29) is 11.5 Å². The molecular weight excluding hydrogens is 325 g/mol. The summed E-state index contributed by atoms with van der Waals surface area (Å²) in [4.78, 5) is 16.9. The minimum absolute atomic E-state index is 0.00108. The van der Waals surface area contributed by atoms with E-state index in [1.54, 1.807) is 36.5 Å². The summed E-state index contributed by atoms with van der Waals surface area (Å²) in [6.07, 6.45) is 1.58. The van der Waals surface area contributed by atoms with Crippen molar-refractivity contribution in [3.05, 3.63) is 76.2 Å². The number of β-amino-alcohol motifs (C(OH)–C–C–N with tert-alkyl or cyclic N) is 1. The average Bonchev–Trinajstić information content (AvgIpc) is 2.58. The van der Waals surface area contributed by atoms with Crippen LogP contribution in [0.3, 0.4) is 0 Å². The van der Waals surface area contributed by atoms with Gasteiger partial charge in [0.05, 0.1) is 29.1 Å². The Morgan fingerprint density at radius 3 is 2.56 bits per heavy atom. The number of aromatic nitrogens is 1. The Balaban J connectivity index is 1.68. The van der Waals surface area contributed by atoms with Crippen molar-refractivity contribution in [3.8, 4) is 0 Å². The van der Waals surface area contributed by atoms with Crippen molar-refractivity contribution in [3.63, 3.8) is 0 Å². The van der Waals surface area contributed by atoms with Crippen LogP contribution in [0.15, 0.2) is 54.7 Å². The number of nitro benzene ring substituents is 1. The molecule has 1 N–H and O–H groups in total. The first-order chi connectivity index (χ1) is 12.0. The number of nitro groups is 1. The van der Waals surface area contributed by atoms with Gasteiger partial charge in [-0.25, -0.2) is 4.39 Å². The Bertz CT molecular complexity index is 969. The molecule has 4 rings (SSSR count). The maximum absolute atomic E-state index is 13.1. The molecule has 1 aliphatic heterocycles. The zero-order valence-corrected chi connectivity index (χ0v) is 13.1. The van der Waals surface area contributed by atoms with E-state index < -0.39 is 10.5 Å². The number of fused-ring (bicyclic) bond motifs is 1. The van der Waals surface area contributed by atoms with Crippen LogP contribution >= 0.6 is 0 Å². The van der Waals surface area contributed by atoms with Crippen LogP contribution in [-0.2, 0) is 5.60 Å². The van der Waals surface area contributed by atoms with E-state index in [0.717, 1.165) is 5.69 Å². The molecule has 3 aromatic rings. The number of aliphatic hydroxyl groups is 1. The lowest BCUT2D eigenvalue weighted by atomic mass is 9.85. The fourth-order valence-corrected chi connectivity index (χ4v) is 3.26. The van der Waals surface area contributed by atoms with Crippen LogP contribution in [0.1, 0.15) is 5.56 Å². The molecule has 1 aliphatic rings. The molecule has 0 atom stereocenters. The molecule has 0 aliphatic carbocycles. The molecule has 7 heteroatoms. The van der Waals surface area contributed by atoms with E-state index in [2.05, 4.69) is 4.98 Å². The first-order valence-corrected chi connectivity index (χ1v) is 7.73. The Labute approximate surface area is 142 Å². The molecule has 0 spiro atoms. The van der Waals surface area contributed by atoms with E-state index in [9.17, 15) is 19.6 Å². The fourth-order valence-electron chi connectivity index (χ4n) is 3.26. The van der Waals surface area contributed by atoms with Gasteiger partial charge >= 0.3 is 0 Å². The van der Waals surface area contributed by atoms with Gasteiger partial charge in [0, 0.05) is 12.3 Å². The lowest BCUT2D eigenvalue weighted by molar-refractivity contribution is -0.383.